The quantitative estimate of drug-likeness (QED) is 0.861. The Labute approximate surface area is 110 Å². The van der Waals surface area contributed by atoms with E-state index >= 15 is 0 Å². The predicted molar refractivity (Wildman–Crippen MR) is 74.7 cm³/mol. The summed E-state index contributed by atoms with van der Waals surface area (Å²) < 4.78 is 0. The van der Waals surface area contributed by atoms with Gasteiger partial charge in [-0.25, -0.2) is 0 Å². The second-order valence-corrected chi connectivity index (χ2v) is 6.08. The van der Waals surface area contributed by atoms with Gasteiger partial charge in [-0.15, -0.1) is 0 Å². The fourth-order valence-electron chi connectivity index (χ4n) is 2.32. The smallest absolute Gasteiger partial charge is 0.0408 e. The van der Waals surface area contributed by atoms with Gasteiger partial charge in [-0.1, -0.05) is 38.4 Å². The summed E-state index contributed by atoms with van der Waals surface area (Å²) in [5, 5.41) is 4.55. The third-order valence-electron chi connectivity index (χ3n) is 3.97. The standard InChI is InChI=1S/C15H22ClN/c1-10(2)11(3)9-17-15-7-12-4-5-14(16)6-13(12)8-15/h4-6,10-11,15,17H,7-9H2,1-3H3. The van der Waals surface area contributed by atoms with Gasteiger partial charge in [0, 0.05) is 11.1 Å². The molecule has 0 fully saturated rings. The van der Waals surface area contributed by atoms with Crippen LogP contribution in [-0.4, -0.2) is 12.6 Å². The van der Waals surface area contributed by atoms with Crippen LogP contribution in [0.2, 0.25) is 5.02 Å². The predicted octanol–water partition coefficient (Wildman–Crippen LogP) is 3.69. The zero-order valence-electron chi connectivity index (χ0n) is 11.0. The van der Waals surface area contributed by atoms with Crippen LogP contribution < -0.4 is 5.32 Å². The lowest BCUT2D eigenvalue weighted by Crippen LogP contribution is -2.34. The molecule has 2 rings (SSSR count). The van der Waals surface area contributed by atoms with Crippen LogP contribution in [0, 0.1) is 11.8 Å². The molecule has 2 heteroatoms. The van der Waals surface area contributed by atoms with Crippen molar-refractivity contribution >= 4 is 11.6 Å². The highest BCUT2D eigenvalue weighted by Gasteiger charge is 2.21. The number of hydrogen-bond donors (Lipinski definition) is 1. The Bertz CT molecular complexity index is 387. The summed E-state index contributed by atoms with van der Waals surface area (Å²) in [6.45, 7) is 8.01. The van der Waals surface area contributed by atoms with Crippen molar-refractivity contribution in [2.75, 3.05) is 6.54 Å². The van der Waals surface area contributed by atoms with Gasteiger partial charge in [-0.05, 0) is 54.5 Å². The fraction of sp³-hybridized carbons (Fsp3) is 0.600. The molecule has 2 atom stereocenters. The second-order valence-electron chi connectivity index (χ2n) is 5.65. The summed E-state index contributed by atoms with van der Waals surface area (Å²) in [5.41, 5.74) is 2.89. The first-order valence-electron chi connectivity index (χ1n) is 6.57. The molecule has 0 spiro atoms. The number of rotatable bonds is 4. The topological polar surface area (TPSA) is 12.0 Å². The van der Waals surface area contributed by atoms with Crippen molar-refractivity contribution in [2.24, 2.45) is 11.8 Å². The maximum Gasteiger partial charge on any atom is 0.0408 e. The van der Waals surface area contributed by atoms with Crippen molar-refractivity contribution in [3.63, 3.8) is 0 Å². The highest BCUT2D eigenvalue weighted by Crippen LogP contribution is 2.25. The molecule has 1 aromatic carbocycles. The van der Waals surface area contributed by atoms with Crippen LogP contribution in [0.25, 0.3) is 0 Å². The van der Waals surface area contributed by atoms with Gasteiger partial charge in [-0.3, -0.25) is 0 Å². The van der Waals surface area contributed by atoms with Gasteiger partial charge < -0.3 is 5.32 Å². The molecule has 0 aromatic heterocycles. The van der Waals surface area contributed by atoms with Crippen molar-refractivity contribution in [2.45, 2.75) is 39.7 Å². The van der Waals surface area contributed by atoms with Crippen LogP contribution in [0.5, 0.6) is 0 Å². The maximum atomic E-state index is 6.02. The first-order chi connectivity index (χ1) is 8.06. The summed E-state index contributed by atoms with van der Waals surface area (Å²) in [6, 6.07) is 6.89. The van der Waals surface area contributed by atoms with Crippen LogP contribution in [-0.2, 0) is 12.8 Å². The van der Waals surface area contributed by atoms with Gasteiger partial charge >= 0.3 is 0 Å². The first kappa shape index (κ1) is 12.9. The molecule has 17 heavy (non-hydrogen) atoms. The Hall–Kier alpha value is -0.530. The van der Waals surface area contributed by atoms with Crippen molar-refractivity contribution in [3.05, 3.63) is 34.3 Å². The highest BCUT2D eigenvalue weighted by molar-refractivity contribution is 6.30. The van der Waals surface area contributed by atoms with E-state index in [0.29, 0.717) is 6.04 Å². The molecule has 1 aliphatic rings. The molecule has 2 unspecified atom stereocenters. The summed E-state index contributed by atoms with van der Waals surface area (Å²) in [5.74, 6) is 1.49. The second kappa shape index (κ2) is 5.41. The van der Waals surface area contributed by atoms with E-state index < -0.39 is 0 Å². The van der Waals surface area contributed by atoms with E-state index in [4.69, 9.17) is 11.6 Å². The summed E-state index contributed by atoms with van der Waals surface area (Å²) in [7, 11) is 0. The molecular formula is C15H22ClN. The number of halogens is 1. The summed E-state index contributed by atoms with van der Waals surface area (Å²) in [4.78, 5) is 0. The van der Waals surface area contributed by atoms with Crippen molar-refractivity contribution in [1.29, 1.82) is 0 Å². The lowest BCUT2D eigenvalue weighted by Gasteiger charge is -2.19. The summed E-state index contributed by atoms with van der Waals surface area (Å²) in [6.07, 6.45) is 2.28. The van der Waals surface area contributed by atoms with Crippen LogP contribution in [0.3, 0.4) is 0 Å². The average Bonchev–Trinajstić information content (AvgIpc) is 2.67. The zero-order chi connectivity index (χ0) is 12.4. The Balaban J connectivity index is 1.88. The lowest BCUT2D eigenvalue weighted by atomic mass is 9.98. The molecule has 0 saturated heterocycles. The van der Waals surface area contributed by atoms with E-state index in [1.807, 2.05) is 6.07 Å². The maximum absolute atomic E-state index is 6.02. The van der Waals surface area contributed by atoms with Gasteiger partial charge in [-0.2, -0.15) is 0 Å². The molecule has 0 bridgehead atoms. The van der Waals surface area contributed by atoms with Gasteiger partial charge in [0.2, 0.25) is 0 Å². The minimum absolute atomic E-state index is 0.602. The SMILES string of the molecule is CC(C)C(C)CNC1Cc2ccc(Cl)cc2C1. The molecule has 0 aliphatic heterocycles. The van der Waals surface area contributed by atoms with E-state index in [9.17, 15) is 0 Å². The van der Waals surface area contributed by atoms with Crippen LogP contribution in [0.15, 0.2) is 18.2 Å². The van der Waals surface area contributed by atoms with Crippen molar-refractivity contribution in [3.8, 4) is 0 Å². The minimum atomic E-state index is 0.602. The Kier molecular flexibility index (Phi) is 4.11. The molecule has 94 valence electrons. The van der Waals surface area contributed by atoms with E-state index in [1.165, 1.54) is 11.1 Å². The van der Waals surface area contributed by atoms with E-state index in [-0.39, 0.29) is 0 Å². The third-order valence-corrected chi connectivity index (χ3v) is 4.20. The first-order valence-corrected chi connectivity index (χ1v) is 6.94. The highest BCUT2D eigenvalue weighted by atomic mass is 35.5. The monoisotopic (exact) mass is 251 g/mol. The van der Waals surface area contributed by atoms with E-state index in [2.05, 4.69) is 38.2 Å². The molecule has 0 heterocycles. The Morgan fingerprint density at radius 3 is 2.65 bits per heavy atom. The van der Waals surface area contributed by atoms with Crippen molar-refractivity contribution in [1.82, 2.24) is 5.32 Å². The molecule has 1 aromatic rings. The van der Waals surface area contributed by atoms with Gasteiger partial charge in [0.15, 0.2) is 0 Å². The largest absolute Gasteiger partial charge is 0.313 e. The van der Waals surface area contributed by atoms with Gasteiger partial charge in [0.05, 0.1) is 0 Å². The zero-order valence-corrected chi connectivity index (χ0v) is 11.7. The van der Waals surface area contributed by atoms with Crippen LogP contribution in [0.4, 0.5) is 0 Å². The molecular weight excluding hydrogens is 230 g/mol. The molecule has 0 amide bonds. The molecule has 1 nitrogen and oxygen atoms in total. The molecule has 0 saturated carbocycles. The van der Waals surface area contributed by atoms with Crippen molar-refractivity contribution < 1.29 is 0 Å². The molecule has 0 radical (unpaired) electrons. The fourth-order valence-corrected chi connectivity index (χ4v) is 2.51. The third kappa shape index (κ3) is 3.23. The lowest BCUT2D eigenvalue weighted by molar-refractivity contribution is 0.369. The van der Waals surface area contributed by atoms with Gasteiger partial charge in [0.1, 0.15) is 0 Å². The molecule has 1 N–H and O–H groups in total. The molecule has 1 aliphatic carbocycles. The minimum Gasteiger partial charge on any atom is -0.313 e. The Morgan fingerprint density at radius 1 is 1.24 bits per heavy atom. The van der Waals surface area contributed by atoms with Crippen LogP contribution >= 0.6 is 11.6 Å². The van der Waals surface area contributed by atoms with E-state index in [1.54, 1.807) is 0 Å². The average molecular weight is 252 g/mol. The number of hydrogen-bond acceptors (Lipinski definition) is 1. The van der Waals surface area contributed by atoms with Crippen LogP contribution in [0.1, 0.15) is 31.9 Å². The van der Waals surface area contributed by atoms with Gasteiger partial charge in [0.25, 0.3) is 0 Å². The number of nitrogens with one attached hydrogen (secondary N) is 1. The normalized spacial score (nSPS) is 20.6. The number of benzene rings is 1. The number of fused-ring (bicyclic) bond motifs is 1. The Morgan fingerprint density at radius 2 is 1.94 bits per heavy atom. The van der Waals surface area contributed by atoms with E-state index in [0.717, 1.165) is 36.2 Å². The summed E-state index contributed by atoms with van der Waals surface area (Å²) >= 11 is 6.02.